The van der Waals surface area contributed by atoms with Crippen LogP contribution in [-0.2, 0) is 7.05 Å². The van der Waals surface area contributed by atoms with Crippen LogP contribution in [0.4, 0.5) is 11.4 Å². The number of aryl methyl sites for hydroxylation is 1. The van der Waals surface area contributed by atoms with Gasteiger partial charge in [0.15, 0.2) is 5.96 Å². The molecule has 0 amide bonds. The molecule has 0 spiro atoms. The van der Waals surface area contributed by atoms with E-state index < -0.39 is 0 Å². The highest BCUT2D eigenvalue weighted by Crippen LogP contribution is 2.34. The molecule has 5 aromatic rings. The zero-order valence-corrected chi connectivity index (χ0v) is 20.0. The maximum atomic E-state index is 5.94. The summed E-state index contributed by atoms with van der Waals surface area (Å²) in [5.41, 5.74) is 19.8. The number of aromatic nitrogens is 3. The third kappa shape index (κ3) is 3.95. The number of nitrogens with two attached hydrogens (primary N) is 2. The standard InChI is InChI=1S/C27H28N8/c1-16(28)32-19-8-12-24-25(14-19)35(4)26(33-24)22-15-31-23-11-7-18(13-21(22)23)17-5-9-20(10-6-17)34(3)27(29)30-2/h5-15,31-32H,1,28H2,2-4H3,(H2,29,30). The summed E-state index contributed by atoms with van der Waals surface area (Å²) < 4.78 is 2.10. The van der Waals surface area contributed by atoms with Gasteiger partial charge in [0, 0.05) is 55.2 Å². The van der Waals surface area contributed by atoms with E-state index in [0.29, 0.717) is 11.8 Å². The van der Waals surface area contributed by atoms with Gasteiger partial charge in [-0.25, -0.2) is 4.98 Å². The number of nitrogens with one attached hydrogen (secondary N) is 2. The number of fused-ring (bicyclic) bond motifs is 2. The maximum absolute atomic E-state index is 5.94. The van der Waals surface area contributed by atoms with E-state index in [2.05, 4.69) is 56.8 Å². The first-order valence-electron chi connectivity index (χ1n) is 11.2. The normalized spacial score (nSPS) is 11.8. The van der Waals surface area contributed by atoms with Crippen molar-refractivity contribution in [1.82, 2.24) is 14.5 Å². The summed E-state index contributed by atoms with van der Waals surface area (Å²) in [6.45, 7) is 3.72. The lowest BCUT2D eigenvalue weighted by Gasteiger charge is -2.18. The van der Waals surface area contributed by atoms with Gasteiger partial charge < -0.3 is 31.2 Å². The average molecular weight is 465 g/mol. The molecular weight excluding hydrogens is 436 g/mol. The Morgan fingerprint density at radius 2 is 1.80 bits per heavy atom. The number of imidazole rings is 1. The maximum Gasteiger partial charge on any atom is 0.195 e. The number of H-pyrrole nitrogens is 1. The molecule has 5 rings (SSSR count). The molecule has 2 aromatic heterocycles. The smallest absolute Gasteiger partial charge is 0.195 e. The predicted octanol–water partition coefficient (Wildman–Crippen LogP) is 4.61. The van der Waals surface area contributed by atoms with E-state index in [-0.39, 0.29) is 0 Å². The summed E-state index contributed by atoms with van der Waals surface area (Å²) >= 11 is 0. The van der Waals surface area contributed by atoms with Crippen molar-refractivity contribution in [2.24, 2.45) is 23.5 Å². The van der Waals surface area contributed by atoms with Crippen molar-refractivity contribution in [2.75, 3.05) is 24.3 Å². The van der Waals surface area contributed by atoms with Gasteiger partial charge in [0.05, 0.1) is 16.9 Å². The van der Waals surface area contributed by atoms with Gasteiger partial charge in [-0.2, -0.15) is 0 Å². The van der Waals surface area contributed by atoms with Crippen molar-refractivity contribution < 1.29 is 0 Å². The summed E-state index contributed by atoms with van der Waals surface area (Å²) in [6.07, 6.45) is 2.02. The van der Waals surface area contributed by atoms with Crippen LogP contribution in [0.3, 0.4) is 0 Å². The average Bonchev–Trinajstić information content (AvgIpc) is 3.43. The van der Waals surface area contributed by atoms with Crippen molar-refractivity contribution in [1.29, 1.82) is 0 Å². The van der Waals surface area contributed by atoms with E-state index in [1.807, 2.05) is 55.5 Å². The van der Waals surface area contributed by atoms with Gasteiger partial charge in [0.2, 0.25) is 0 Å². The number of guanidine groups is 1. The minimum atomic E-state index is 0.401. The number of benzene rings is 3. The number of hydrogen-bond acceptors (Lipinski definition) is 4. The fourth-order valence-corrected chi connectivity index (χ4v) is 4.34. The van der Waals surface area contributed by atoms with Gasteiger partial charge >= 0.3 is 0 Å². The Hall–Kier alpha value is -4.72. The fraction of sp³-hybridized carbons (Fsp3) is 0.111. The molecule has 0 fully saturated rings. The van der Waals surface area contributed by atoms with E-state index >= 15 is 0 Å². The van der Waals surface area contributed by atoms with E-state index in [0.717, 1.165) is 55.8 Å². The lowest BCUT2D eigenvalue weighted by atomic mass is 10.0. The predicted molar refractivity (Wildman–Crippen MR) is 146 cm³/mol. The van der Waals surface area contributed by atoms with Gasteiger partial charge in [-0.1, -0.05) is 24.8 Å². The van der Waals surface area contributed by atoms with E-state index in [9.17, 15) is 0 Å². The Morgan fingerprint density at radius 3 is 2.51 bits per heavy atom. The number of hydrogen-bond donors (Lipinski definition) is 4. The first-order chi connectivity index (χ1) is 16.9. The minimum Gasteiger partial charge on any atom is -0.386 e. The molecule has 8 heteroatoms. The van der Waals surface area contributed by atoms with Crippen LogP contribution in [0.2, 0.25) is 0 Å². The largest absolute Gasteiger partial charge is 0.386 e. The van der Waals surface area contributed by atoms with Crippen LogP contribution >= 0.6 is 0 Å². The lowest BCUT2D eigenvalue weighted by molar-refractivity contribution is 0.961. The summed E-state index contributed by atoms with van der Waals surface area (Å²) in [7, 11) is 5.61. The third-order valence-electron chi connectivity index (χ3n) is 6.27. The Labute approximate surface area is 203 Å². The molecule has 0 unspecified atom stereocenters. The molecule has 8 nitrogen and oxygen atoms in total. The van der Waals surface area contributed by atoms with Crippen molar-refractivity contribution in [2.45, 2.75) is 0 Å². The van der Waals surface area contributed by atoms with E-state index in [1.54, 1.807) is 7.05 Å². The number of nitrogens with zero attached hydrogens (tertiary/aromatic N) is 4. The molecule has 0 aliphatic rings. The molecular formula is C27H28N8. The molecule has 0 saturated heterocycles. The monoisotopic (exact) mass is 464 g/mol. The second-order valence-corrected chi connectivity index (χ2v) is 8.50. The Morgan fingerprint density at radius 1 is 1.06 bits per heavy atom. The van der Waals surface area contributed by atoms with E-state index in [1.165, 1.54) is 0 Å². The van der Waals surface area contributed by atoms with Gasteiger partial charge in [0.1, 0.15) is 5.82 Å². The number of aliphatic imine (C=N–C) groups is 1. The zero-order valence-electron chi connectivity index (χ0n) is 20.0. The highest BCUT2D eigenvalue weighted by Gasteiger charge is 2.15. The molecule has 35 heavy (non-hydrogen) atoms. The molecule has 2 heterocycles. The number of anilines is 2. The first-order valence-corrected chi connectivity index (χ1v) is 11.2. The van der Waals surface area contributed by atoms with Gasteiger partial charge in [-0.05, 0) is 53.6 Å². The zero-order chi connectivity index (χ0) is 24.7. The highest BCUT2D eigenvalue weighted by atomic mass is 15.2. The number of rotatable bonds is 5. The molecule has 176 valence electrons. The summed E-state index contributed by atoms with van der Waals surface area (Å²) in [5.74, 6) is 1.76. The summed E-state index contributed by atoms with van der Waals surface area (Å²) in [4.78, 5) is 14.2. The highest BCUT2D eigenvalue weighted by molar-refractivity contribution is 5.99. The van der Waals surface area contributed by atoms with Gasteiger partial charge in [-0.3, -0.25) is 4.99 Å². The topological polar surface area (TPSA) is 113 Å². The van der Waals surface area contributed by atoms with Crippen LogP contribution in [0.25, 0.3) is 44.5 Å². The third-order valence-corrected chi connectivity index (χ3v) is 6.27. The minimum absolute atomic E-state index is 0.401. The Balaban J connectivity index is 1.54. The summed E-state index contributed by atoms with van der Waals surface area (Å²) in [6, 6.07) is 20.7. The van der Waals surface area contributed by atoms with Crippen LogP contribution in [0.5, 0.6) is 0 Å². The molecule has 0 aliphatic heterocycles. The van der Waals surface area contributed by atoms with E-state index in [4.69, 9.17) is 16.5 Å². The quantitative estimate of drug-likeness (QED) is 0.224. The van der Waals surface area contributed by atoms with Crippen LogP contribution in [0, 0.1) is 0 Å². The number of aromatic amines is 1. The fourth-order valence-electron chi connectivity index (χ4n) is 4.34. The van der Waals surface area contributed by atoms with Crippen molar-refractivity contribution >= 4 is 39.3 Å². The molecule has 0 aliphatic carbocycles. The Bertz CT molecular complexity index is 1590. The van der Waals surface area contributed by atoms with Gasteiger partial charge in [-0.15, -0.1) is 0 Å². The first kappa shape index (κ1) is 22.1. The Kier molecular flexibility index (Phi) is 5.41. The SMILES string of the molecule is C=C(N)Nc1ccc2nc(-c3c[nH]c4ccc(-c5ccc(N(C)C(N)=NC)cc5)cc34)n(C)c2c1. The van der Waals surface area contributed by atoms with Crippen molar-refractivity contribution in [3.05, 3.63) is 79.3 Å². The summed E-state index contributed by atoms with van der Waals surface area (Å²) in [5, 5.41) is 4.17. The van der Waals surface area contributed by atoms with Gasteiger partial charge in [0.25, 0.3) is 0 Å². The van der Waals surface area contributed by atoms with Crippen LogP contribution in [0.1, 0.15) is 0 Å². The molecule has 0 bridgehead atoms. The second kappa shape index (κ2) is 8.57. The molecule has 0 saturated carbocycles. The van der Waals surface area contributed by atoms with Crippen LogP contribution in [-0.4, -0.2) is 34.6 Å². The molecule has 0 atom stereocenters. The van der Waals surface area contributed by atoms with Crippen molar-refractivity contribution in [3.8, 4) is 22.5 Å². The second-order valence-electron chi connectivity index (χ2n) is 8.50. The van der Waals surface area contributed by atoms with Crippen LogP contribution < -0.4 is 21.7 Å². The molecule has 6 N–H and O–H groups in total. The van der Waals surface area contributed by atoms with Crippen molar-refractivity contribution in [3.63, 3.8) is 0 Å². The lowest BCUT2D eigenvalue weighted by Crippen LogP contribution is -2.33. The van der Waals surface area contributed by atoms with Crippen LogP contribution in [0.15, 0.2) is 84.3 Å². The molecule has 3 aromatic carbocycles. The molecule has 0 radical (unpaired) electrons.